The van der Waals surface area contributed by atoms with Gasteiger partial charge in [-0.15, -0.1) is 5.10 Å². The number of aromatic amines is 1. The average Bonchev–Trinajstić information content (AvgIpc) is 2.95. The Labute approximate surface area is 115 Å². The fourth-order valence-electron chi connectivity index (χ4n) is 1.62. The third-order valence-corrected chi connectivity index (χ3v) is 2.43. The molecule has 1 heterocycles. The Morgan fingerprint density at radius 3 is 3.05 bits per heavy atom. The van der Waals surface area contributed by atoms with Gasteiger partial charge < -0.3 is 9.47 Å². The molecule has 1 N–H and O–H groups in total. The number of carbonyl (C=O) groups excluding carboxylic acids is 1. The highest BCUT2D eigenvalue weighted by atomic mass is 16.5. The largest absolute Gasteiger partial charge is 0.479 e. The van der Waals surface area contributed by atoms with Gasteiger partial charge in [0.25, 0.3) is 0 Å². The minimum atomic E-state index is -0.542. The first-order chi connectivity index (χ1) is 9.76. The highest BCUT2D eigenvalue weighted by molar-refractivity contribution is 5.93. The highest BCUT2D eigenvalue weighted by Gasteiger charge is 2.19. The lowest BCUT2D eigenvalue weighted by atomic mass is 10.1. The van der Waals surface area contributed by atoms with Crippen molar-refractivity contribution in [3.63, 3.8) is 0 Å². The smallest absolute Gasteiger partial charge is 0.361 e. The number of nitriles is 1. The van der Waals surface area contributed by atoms with Crippen LogP contribution in [0.1, 0.15) is 17.4 Å². The number of esters is 1. The van der Waals surface area contributed by atoms with Crippen molar-refractivity contribution in [1.82, 2.24) is 15.4 Å². The van der Waals surface area contributed by atoms with Crippen LogP contribution in [0.5, 0.6) is 5.75 Å². The van der Waals surface area contributed by atoms with Gasteiger partial charge in [0.2, 0.25) is 0 Å². The number of hydrogen-bond donors (Lipinski definition) is 1. The Morgan fingerprint density at radius 2 is 2.30 bits per heavy atom. The molecule has 2 rings (SSSR count). The summed E-state index contributed by atoms with van der Waals surface area (Å²) < 4.78 is 10.1. The number of H-pyrrole nitrogens is 1. The molecular weight excluding hydrogens is 260 g/mol. The van der Waals surface area contributed by atoms with E-state index in [0.29, 0.717) is 17.0 Å². The van der Waals surface area contributed by atoms with Crippen LogP contribution < -0.4 is 4.74 Å². The van der Waals surface area contributed by atoms with Crippen molar-refractivity contribution < 1.29 is 14.3 Å². The molecule has 0 fully saturated rings. The van der Waals surface area contributed by atoms with Gasteiger partial charge in [-0.2, -0.15) is 15.6 Å². The monoisotopic (exact) mass is 272 g/mol. The van der Waals surface area contributed by atoms with E-state index in [1.165, 1.54) is 0 Å². The highest BCUT2D eigenvalue weighted by Crippen LogP contribution is 2.24. The summed E-state index contributed by atoms with van der Waals surface area (Å²) in [4.78, 5) is 11.7. The van der Waals surface area contributed by atoms with E-state index < -0.39 is 5.97 Å². The van der Waals surface area contributed by atoms with E-state index in [0.717, 1.165) is 0 Å². The molecule has 0 saturated heterocycles. The molecule has 0 spiro atoms. The second kappa shape index (κ2) is 6.33. The lowest BCUT2D eigenvalue weighted by molar-refractivity contribution is 0.0520. The van der Waals surface area contributed by atoms with E-state index in [4.69, 9.17) is 14.7 Å². The molecule has 0 saturated carbocycles. The topological polar surface area (TPSA) is 101 Å². The Bertz CT molecular complexity index is 645. The first-order valence-electron chi connectivity index (χ1n) is 5.94. The predicted octanol–water partition coefficient (Wildman–Crippen LogP) is 1.55. The summed E-state index contributed by atoms with van der Waals surface area (Å²) >= 11 is 0. The molecule has 2 aromatic rings. The van der Waals surface area contributed by atoms with Crippen LogP contribution in [0.15, 0.2) is 24.3 Å². The number of aromatic nitrogens is 3. The first-order valence-corrected chi connectivity index (χ1v) is 5.94. The summed E-state index contributed by atoms with van der Waals surface area (Å²) in [6.07, 6.45) is 0. The number of rotatable bonds is 5. The molecule has 102 valence electrons. The van der Waals surface area contributed by atoms with Gasteiger partial charge in [-0.25, -0.2) is 4.79 Å². The molecule has 0 aliphatic rings. The van der Waals surface area contributed by atoms with Crippen LogP contribution in [0.3, 0.4) is 0 Å². The van der Waals surface area contributed by atoms with Crippen molar-refractivity contribution in [2.24, 2.45) is 0 Å². The summed E-state index contributed by atoms with van der Waals surface area (Å²) in [5.74, 6) is -0.0264. The van der Waals surface area contributed by atoms with Crippen molar-refractivity contribution in [3.05, 3.63) is 30.0 Å². The molecule has 1 aromatic heterocycles. The van der Waals surface area contributed by atoms with E-state index in [1.54, 1.807) is 31.2 Å². The van der Waals surface area contributed by atoms with Crippen molar-refractivity contribution in [2.75, 3.05) is 13.2 Å². The lowest BCUT2D eigenvalue weighted by Crippen LogP contribution is -2.06. The zero-order valence-electron chi connectivity index (χ0n) is 10.8. The normalized spacial score (nSPS) is 9.80. The zero-order valence-corrected chi connectivity index (χ0v) is 10.8. The minimum Gasteiger partial charge on any atom is -0.479 e. The average molecular weight is 272 g/mol. The Morgan fingerprint density at radius 1 is 1.45 bits per heavy atom. The first kappa shape index (κ1) is 13.5. The molecule has 0 atom stereocenters. The predicted molar refractivity (Wildman–Crippen MR) is 68.9 cm³/mol. The van der Waals surface area contributed by atoms with Crippen LogP contribution in [0.25, 0.3) is 11.3 Å². The van der Waals surface area contributed by atoms with E-state index in [9.17, 15) is 4.79 Å². The van der Waals surface area contributed by atoms with Gasteiger partial charge in [0.15, 0.2) is 12.3 Å². The van der Waals surface area contributed by atoms with Crippen LogP contribution in [-0.4, -0.2) is 34.6 Å². The summed E-state index contributed by atoms with van der Waals surface area (Å²) in [7, 11) is 0. The fourth-order valence-corrected chi connectivity index (χ4v) is 1.62. The molecule has 0 aliphatic heterocycles. The zero-order chi connectivity index (χ0) is 14.4. The maximum atomic E-state index is 11.7. The van der Waals surface area contributed by atoms with Crippen LogP contribution in [0, 0.1) is 11.3 Å². The Kier molecular flexibility index (Phi) is 4.29. The van der Waals surface area contributed by atoms with Crippen LogP contribution >= 0.6 is 0 Å². The molecule has 0 aliphatic carbocycles. The SMILES string of the molecule is CCOC(=O)c1n[nH]nc1-c1cccc(OCC#N)c1. The van der Waals surface area contributed by atoms with Crippen molar-refractivity contribution in [3.8, 4) is 23.1 Å². The maximum absolute atomic E-state index is 11.7. The second-order valence-electron chi connectivity index (χ2n) is 3.72. The Hall–Kier alpha value is -2.88. The van der Waals surface area contributed by atoms with Gasteiger partial charge in [-0.3, -0.25) is 0 Å². The van der Waals surface area contributed by atoms with Crippen molar-refractivity contribution >= 4 is 5.97 Å². The summed E-state index contributed by atoms with van der Waals surface area (Å²) in [6.45, 7) is 1.93. The van der Waals surface area contributed by atoms with E-state index in [2.05, 4.69) is 15.4 Å². The van der Waals surface area contributed by atoms with Gasteiger partial charge >= 0.3 is 5.97 Å². The number of benzene rings is 1. The van der Waals surface area contributed by atoms with Crippen molar-refractivity contribution in [2.45, 2.75) is 6.92 Å². The van der Waals surface area contributed by atoms with Crippen molar-refractivity contribution in [1.29, 1.82) is 5.26 Å². The molecule has 1 aromatic carbocycles. The molecular formula is C13H12N4O3. The van der Waals surface area contributed by atoms with E-state index in [1.807, 2.05) is 6.07 Å². The number of nitrogens with zero attached hydrogens (tertiary/aromatic N) is 3. The van der Waals surface area contributed by atoms with Crippen LogP contribution in [0.2, 0.25) is 0 Å². The van der Waals surface area contributed by atoms with Gasteiger partial charge in [0, 0.05) is 5.56 Å². The second-order valence-corrected chi connectivity index (χ2v) is 3.72. The summed E-state index contributed by atoms with van der Waals surface area (Å²) in [6, 6.07) is 8.78. The molecule has 20 heavy (non-hydrogen) atoms. The molecule has 7 heteroatoms. The van der Waals surface area contributed by atoms with Gasteiger partial charge in [0.1, 0.15) is 17.5 Å². The van der Waals surface area contributed by atoms with Gasteiger partial charge in [-0.1, -0.05) is 12.1 Å². The fraction of sp³-hybridized carbons (Fsp3) is 0.231. The number of carbonyl (C=O) groups is 1. The number of nitrogens with one attached hydrogen (secondary N) is 1. The number of hydrogen-bond acceptors (Lipinski definition) is 6. The molecule has 0 unspecified atom stereocenters. The van der Waals surface area contributed by atoms with E-state index >= 15 is 0 Å². The lowest BCUT2D eigenvalue weighted by Gasteiger charge is -2.04. The third kappa shape index (κ3) is 2.92. The van der Waals surface area contributed by atoms with Crippen LogP contribution in [-0.2, 0) is 4.74 Å². The van der Waals surface area contributed by atoms with Crippen LogP contribution in [0.4, 0.5) is 0 Å². The van der Waals surface area contributed by atoms with Gasteiger partial charge in [0.05, 0.1) is 6.61 Å². The summed E-state index contributed by atoms with van der Waals surface area (Å²) in [5, 5.41) is 18.7. The number of ether oxygens (including phenoxy) is 2. The molecule has 7 nitrogen and oxygen atoms in total. The third-order valence-electron chi connectivity index (χ3n) is 2.43. The minimum absolute atomic E-state index is 0.0486. The standard InChI is InChI=1S/C13H12N4O3/c1-2-19-13(18)12-11(15-17-16-12)9-4-3-5-10(8-9)20-7-6-14/h3-5,8H,2,7H2,1H3,(H,15,16,17). The Balaban J connectivity index is 2.30. The van der Waals surface area contributed by atoms with Gasteiger partial charge in [-0.05, 0) is 19.1 Å². The maximum Gasteiger partial charge on any atom is 0.361 e. The molecule has 0 radical (unpaired) electrons. The summed E-state index contributed by atoms with van der Waals surface area (Å²) in [5.41, 5.74) is 1.15. The quantitative estimate of drug-likeness (QED) is 0.829. The molecule has 0 bridgehead atoms. The van der Waals surface area contributed by atoms with E-state index in [-0.39, 0.29) is 18.9 Å². The molecule has 0 amide bonds.